The lowest BCUT2D eigenvalue weighted by molar-refractivity contribution is -0.121. The van der Waals surface area contributed by atoms with Gasteiger partial charge in [-0.1, -0.05) is 35.9 Å². The van der Waals surface area contributed by atoms with Gasteiger partial charge in [0.1, 0.15) is 17.3 Å². The highest BCUT2D eigenvalue weighted by Gasteiger charge is 2.27. The molecule has 33 heavy (non-hydrogen) atoms. The van der Waals surface area contributed by atoms with E-state index in [2.05, 4.69) is 5.32 Å². The summed E-state index contributed by atoms with van der Waals surface area (Å²) in [5.74, 6) is 0.218. The van der Waals surface area contributed by atoms with Crippen LogP contribution >= 0.6 is 11.6 Å². The number of amides is 2. The highest BCUT2D eigenvalue weighted by Crippen LogP contribution is 2.36. The molecule has 0 fully saturated rings. The van der Waals surface area contributed by atoms with Crippen molar-refractivity contribution in [2.24, 2.45) is 0 Å². The molecule has 0 aliphatic carbocycles. The third kappa shape index (κ3) is 5.62. The summed E-state index contributed by atoms with van der Waals surface area (Å²) < 4.78 is 25.4. The van der Waals surface area contributed by atoms with Crippen LogP contribution in [0.4, 0.5) is 15.8 Å². The fourth-order valence-electron chi connectivity index (χ4n) is 3.46. The number of para-hydroxylation sites is 1. The van der Waals surface area contributed by atoms with Gasteiger partial charge in [0.2, 0.25) is 5.91 Å². The monoisotopic (exact) mass is 468 g/mol. The van der Waals surface area contributed by atoms with Gasteiger partial charge in [-0.05, 0) is 48.9 Å². The number of hydrogen-bond acceptors (Lipinski definition) is 4. The van der Waals surface area contributed by atoms with Gasteiger partial charge in [-0.3, -0.25) is 9.59 Å². The Balaban J connectivity index is 1.41. The van der Waals surface area contributed by atoms with Crippen LogP contribution in [-0.4, -0.2) is 25.0 Å². The number of benzene rings is 3. The number of carbonyl (C=O) groups is 2. The van der Waals surface area contributed by atoms with Gasteiger partial charge in [0.15, 0.2) is 6.61 Å². The zero-order chi connectivity index (χ0) is 23.2. The molecule has 8 heteroatoms. The van der Waals surface area contributed by atoms with Crippen molar-refractivity contribution < 1.29 is 23.5 Å². The first-order valence-electron chi connectivity index (χ1n) is 10.5. The summed E-state index contributed by atoms with van der Waals surface area (Å²) >= 11 is 6.15. The SMILES string of the molecule is O=C(CCCOc1ccccc1)Nc1ccc2c(c1)N(Cc1c(F)cccc1Cl)C(=O)CO2. The number of ether oxygens (including phenoxy) is 2. The van der Waals surface area contributed by atoms with E-state index in [9.17, 15) is 14.0 Å². The van der Waals surface area contributed by atoms with Gasteiger partial charge in [-0.2, -0.15) is 0 Å². The van der Waals surface area contributed by atoms with Crippen molar-refractivity contribution >= 4 is 34.8 Å². The summed E-state index contributed by atoms with van der Waals surface area (Å²) in [6, 6.07) is 18.8. The van der Waals surface area contributed by atoms with Crippen LogP contribution in [0, 0.1) is 5.82 Å². The molecule has 0 bridgehead atoms. The molecule has 4 rings (SSSR count). The maximum Gasteiger partial charge on any atom is 0.265 e. The largest absolute Gasteiger partial charge is 0.494 e. The fraction of sp³-hybridized carbons (Fsp3) is 0.200. The molecule has 2 amide bonds. The molecule has 0 unspecified atom stereocenters. The summed E-state index contributed by atoms with van der Waals surface area (Å²) in [5.41, 5.74) is 1.16. The number of rotatable bonds is 8. The maximum absolute atomic E-state index is 14.3. The van der Waals surface area contributed by atoms with Crippen LogP contribution in [0.25, 0.3) is 0 Å². The van der Waals surface area contributed by atoms with Crippen molar-refractivity contribution in [2.45, 2.75) is 19.4 Å². The summed E-state index contributed by atoms with van der Waals surface area (Å²) in [4.78, 5) is 26.3. The van der Waals surface area contributed by atoms with E-state index in [4.69, 9.17) is 21.1 Å². The van der Waals surface area contributed by atoms with Crippen LogP contribution in [0.15, 0.2) is 66.7 Å². The zero-order valence-electron chi connectivity index (χ0n) is 17.7. The lowest BCUT2D eigenvalue weighted by atomic mass is 10.1. The lowest BCUT2D eigenvalue weighted by Gasteiger charge is -2.30. The van der Waals surface area contributed by atoms with E-state index >= 15 is 0 Å². The van der Waals surface area contributed by atoms with Gasteiger partial charge in [-0.15, -0.1) is 0 Å². The Morgan fingerprint density at radius 2 is 1.94 bits per heavy atom. The zero-order valence-corrected chi connectivity index (χ0v) is 18.5. The number of nitrogens with zero attached hydrogens (tertiary/aromatic N) is 1. The smallest absolute Gasteiger partial charge is 0.265 e. The average Bonchev–Trinajstić information content (AvgIpc) is 2.81. The van der Waals surface area contributed by atoms with Crippen molar-refractivity contribution in [3.63, 3.8) is 0 Å². The third-order valence-electron chi connectivity index (χ3n) is 5.12. The summed E-state index contributed by atoms with van der Waals surface area (Å²) in [6.07, 6.45) is 0.819. The van der Waals surface area contributed by atoms with Crippen LogP contribution in [0.3, 0.4) is 0 Å². The molecule has 1 aliphatic rings. The molecule has 6 nitrogen and oxygen atoms in total. The molecule has 0 saturated heterocycles. The molecule has 1 aliphatic heterocycles. The summed E-state index contributed by atoms with van der Waals surface area (Å²) in [6.45, 7) is 0.211. The minimum atomic E-state index is -0.495. The molecular formula is C25H22ClFN2O4. The average molecular weight is 469 g/mol. The van der Waals surface area contributed by atoms with Gasteiger partial charge in [0, 0.05) is 22.7 Å². The standard InChI is InChI=1S/C25H22ClFN2O4/c26-20-8-4-9-21(27)19(20)15-29-22-14-17(11-12-23(22)33-16-25(29)31)28-24(30)10-5-13-32-18-6-2-1-3-7-18/h1-4,6-9,11-12,14H,5,10,13,15-16H2,(H,28,30). The predicted molar refractivity (Wildman–Crippen MR) is 124 cm³/mol. The molecule has 3 aromatic carbocycles. The molecule has 1 N–H and O–H groups in total. The van der Waals surface area contributed by atoms with Crippen LogP contribution in [0.5, 0.6) is 11.5 Å². The number of fused-ring (bicyclic) bond motifs is 1. The van der Waals surface area contributed by atoms with E-state index in [1.54, 1.807) is 24.3 Å². The van der Waals surface area contributed by atoms with Gasteiger partial charge in [0.05, 0.1) is 18.8 Å². The summed E-state index contributed by atoms with van der Waals surface area (Å²) in [5, 5.41) is 3.06. The number of nitrogens with one attached hydrogen (secondary N) is 1. The summed E-state index contributed by atoms with van der Waals surface area (Å²) in [7, 11) is 0. The van der Waals surface area contributed by atoms with Crippen molar-refractivity contribution in [1.82, 2.24) is 0 Å². The van der Waals surface area contributed by atoms with Gasteiger partial charge >= 0.3 is 0 Å². The Hall–Kier alpha value is -3.58. The molecule has 0 radical (unpaired) electrons. The molecule has 0 aromatic heterocycles. The molecule has 0 saturated carbocycles. The molecule has 3 aromatic rings. The Morgan fingerprint density at radius 1 is 1.12 bits per heavy atom. The van der Waals surface area contributed by atoms with E-state index in [1.807, 2.05) is 30.3 Å². The molecule has 0 atom stereocenters. The first-order valence-corrected chi connectivity index (χ1v) is 10.9. The number of hydrogen-bond donors (Lipinski definition) is 1. The van der Waals surface area contributed by atoms with Crippen LogP contribution in [0.2, 0.25) is 5.02 Å². The topological polar surface area (TPSA) is 67.9 Å². The van der Waals surface area contributed by atoms with Crippen molar-refractivity contribution in [2.75, 3.05) is 23.4 Å². The van der Waals surface area contributed by atoms with E-state index in [0.717, 1.165) is 5.75 Å². The fourth-order valence-corrected chi connectivity index (χ4v) is 3.68. The Bertz CT molecular complexity index is 1140. The van der Waals surface area contributed by atoms with E-state index in [-0.39, 0.29) is 42.0 Å². The quantitative estimate of drug-likeness (QED) is 0.461. The highest BCUT2D eigenvalue weighted by molar-refractivity contribution is 6.31. The molecule has 0 spiro atoms. The predicted octanol–water partition coefficient (Wildman–Crippen LogP) is 5.20. The lowest BCUT2D eigenvalue weighted by Crippen LogP contribution is -2.38. The number of halogens is 2. The second-order valence-electron chi connectivity index (χ2n) is 7.46. The van der Waals surface area contributed by atoms with Crippen molar-refractivity contribution in [1.29, 1.82) is 0 Å². The highest BCUT2D eigenvalue weighted by atomic mass is 35.5. The molecular weight excluding hydrogens is 447 g/mol. The Morgan fingerprint density at radius 3 is 2.73 bits per heavy atom. The molecule has 1 heterocycles. The van der Waals surface area contributed by atoms with Crippen LogP contribution < -0.4 is 19.7 Å². The minimum Gasteiger partial charge on any atom is -0.494 e. The van der Waals surface area contributed by atoms with Gasteiger partial charge in [0.25, 0.3) is 5.91 Å². The minimum absolute atomic E-state index is 0.0467. The number of carbonyl (C=O) groups excluding carboxylic acids is 2. The van der Waals surface area contributed by atoms with Crippen LogP contribution in [-0.2, 0) is 16.1 Å². The second kappa shape index (κ2) is 10.4. The number of anilines is 2. The van der Waals surface area contributed by atoms with Crippen LogP contribution in [0.1, 0.15) is 18.4 Å². The normalized spacial score (nSPS) is 12.7. The Labute approximate surface area is 195 Å². The van der Waals surface area contributed by atoms with E-state index in [1.165, 1.54) is 17.0 Å². The van der Waals surface area contributed by atoms with E-state index in [0.29, 0.717) is 30.2 Å². The Kier molecular flexibility index (Phi) is 7.10. The van der Waals surface area contributed by atoms with Gasteiger partial charge in [-0.25, -0.2) is 4.39 Å². The van der Waals surface area contributed by atoms with Crippen molar-refractivity contribution in [3.05, 3.63) is 83.1 Å². The first kappa shape index (κ1) is 22.6. The third-order valence-corrected chi connectivity index (χ3v) is 5.48. The van der Waals surface area contributed by atoms with Crippen molar-refractivity contribution in [3.8, 4) is 11.5 Å². The van der Waals surface area contributed by atoms with E-state index < -0.39 is 5.82 Å². The molecule has 170 valence electrons. The maximum atomic E-state index is 14.3. The second-order valence-corrected chi connectivity index (χ2v) is 7.87. The van der Waals surface area contributed by atoms with Gasteiger partial charge < -0.3 is 19.7 Å². The first-order chi connectivity index (χ1) is 16.0.